The molecule has 0 saturated heterocycles. The summed E-state index contributed by atoms with van der Waals surface area (Å²) in [6.07, 6.45) is 0.104. The quantitative estimate of drug-likeness (QED) is 0.474. The first-order valence-electron chi connectivity index (χ1n) is 10.4. The predicted octanol–water partition coefficient (Wildman–Crippen LogP) is 4.29. The summed E-state index contributed by atoms with van der Waals surface area (Å²) >= 11 is 2.77. The zero-order chi connectivity index (χ0) is 23.4. The minimum absolute atomic E-state index is 0.104. The van der Waals surface area contributed by atoms with Gasteiger partial charge in [-0.1, -0.05) is 29.5 Å². The van der Waals surface area contributed by atoms with Gasteiger partial charge >= 0.3 is 0 Å². The van der Waals surface area contributed by atoms with Crippen molar-refractivity contribution < 1.29 is 9.59 Å². The molecule has 2 heterocycles. The second-order valence-electron chi connectivity index (χ2n) is 7.60. The van der Waals surface area contributed by atoms with Crippen molar-refractivity contribution in [1.29, 1.82) is 0 Å². The number of carbonyl (C=O) groups is 2. The molecule has 0 spiro atoms. The average Bonchev–Trinajstić information content (AvgIpc) is 3.25. The molecule has 0 fully saturated rings. The van der Waals surface area contributed by atoms with Crippen molar-refractivity contribution in [3.05, 3.63) is 45.7 Å². The SMILES string of the molecule is CCn1c(CC(=O)Nc2ccc(C)cc2C)nnc1S[C@H](C)C(=O)Nc1nc(C)c(C)s1. The number of hydrogen-bond donors (Lipinski definition) is 2. The van der Waals surface area contributed by atoms with Crippen LogP contribution >= 0.6 is 23.1 Å². The number of nitrogens with zero attached hydrogens (tertiary/aromatic N) is 4. The molecule has 2 aromatic heterocycles. The number of anilines is 2. The van der Waals surface area contributed by atoms with Gasteiger partial charge in [0.15, 0.2) is 10.3 Å². The Bertz CT molecular complexity index is 1120. The molecule has 8 nitrogen and oxygen atoms in total. The van der Waals surface area contributed by atoms with Crippen LogP contribution in [0.15, 0.2) is 23.4 Å². The number of thioether (sulfide) groups is 1. The lowest BCUT2D eigenvalue weighted by Gasteiger charge is -2.12. The third-order valence-electron chi connectivity index (χ3n) is 4.99. The fourth-order valence-electron chi connectivity index (χ4n) is 3.09. The van der Waals surface area contributed by atoms with Gasteiger partial charge in [0.05, 0.1) is 17.4 Å². The Morgan fingerprint density at radius 3 is 2.53 bits per heavy atom. The van der Waals surface area contributed by atoms with Gasteiger partial charge in [-0.25, -0.2) is 4.98 Å². The number of aromatic nitrogens is 4. The Balaban J connectivity index is 1.64. The van der Waals surface area contributed by atoms with Crippen molar-refractivity contribution in [1.82, 2.24) is 19.7 Å². The summed E-state index contributed by atoms with van der Waals surface area (Å²) in [7, 11) is 0. The van der Waals surface area contributed by atoms with Crippen LogP contribution in [0.3, 0.4) is 0 Å². The highest BCUT2D eigenvalue weighted by Gasteiger charge is 2.22. The molecule has 0 unspecified atom stereocenters. The van der Waals surface area contributed by atoms with Crippen LogP contribution < -0.4 is 10.6 Å². The Kier molecular flexibility index (Phi) is 7.68. The van der Waals surface area contributed by atoms with E-state index in [9.17, 15) is 9.59 Å². The summed E-state index contributed by atoms with van der Waals surface area (Å²) in [5, 5.41) is 15.0. The van der Waals surface area contributed by atoms with Crippen molar-refractivity contribution in [2.24, 2.45) is 0 Å². The van der Waals surface area contributed by atoms with Crippen molar-refractivity contribution in [3.63, 3.8) is 0 Å². The third-order valence-corrected chi connectivity index (χ3v) is 7.06. The van der Waals surface area contributed by atoms with E-state index in [0.717, 1.165) is 27.4 Å². The number of rotatable bonds is 8. The summed E-state index contributed by atoms with van der Waals surface area (Å²) in [5.41, 5.74) is 3.86. The number of benzene rings is 1. The molecule has 1 aromatic carbocycles. The van der Waals surface area contributed by atoms with Crippen LogP contribution in [-0.4, -0.2) is 36.8 Å². The molecule has 10 heteroatoms. The van der Waals surface area contributed by atoms with Gasteiger partial charge in [-0.05, 0) is 53.2 Å². The summed E-state index contributed by atoms with van der Waals surface area (Å²) in [6.45, 7) is 12.2. The summed E-state index contributed by atoms with van der Waals surface area (Å²) in [4.78, 5) is 30.6. The standard InChI is InChI=1S/C22H28N6O2S2/c1-7-28-18(11-19(29)24-17-9-8-12(2)10-13(17)3)26-27-22(28)32-16(6)20(30)25-21-23-14(4)15(5)31-21/h8-10,16H,7,11H2,1-6H3,(H,24,29)(H,23,25,30)/t16-/m1/s1. The lowest BCUT2D eigenvalue weighted by atomic mass is 10.1. The van der Waals surface area contributed by atoms with Crippen LogP contribution in [0.1, 0.15) is 41.4 Å². The number of thiazole rings is 1. The molecule has 0 radical (unpaired) electrons. The first kappa shape index (κ1) is 23.9. The van der Waals surface area contributed by atoms with E-state index in [1.54, 1.807) is 0 Å². The van der Waals surface area contributed by atoms with Gasteiger partial charge in [0, 0.05) is 17.1 Å². The fraction of sp³-hybridized carbons (Fsp3) is 0.409. The molecule has 1 atom stereocenters. The maximum atomic E-state index is 12.6. The first-order valence-corrected chi connectivity index (χ1v) is 12.1. The van der Waals surface area contributed by atoms with Crippen LogP contribution in [0.5, 0.6) is 0 Å². The predicted molar refractivity (Wildman–Crippen MR) is 129 cm³/mol. The molecule has 2 amide bonds. The third kappa shape index (κ3) is 5.74. The van der Waals surface area contributed by atoms with E-state index in [1.807, 2.05) is 64.3 Å². The van der Waals surface area contributed by atoms with Crippen LogP contribution in [0, 0.1) is 27.7 Å². The molecular weight excluding hydrogens is 444 g/mol. The normalized spacial score (nSPS) is 11.9. The maximum absolute atomic E-state index is 12.6. The Morgan fingerprint density at radius 2 is 1.91 bits per heavy atom. The summed E-state index contributed by atoms with van der Waals surface area (Å²) < 4.78 is 1.87. The van der Waals surface area contributed by atoms with Crippen LogP contribution in [0.4, 0.5) is 10.8 Å². The largest absolute Gasteiger partial charge is 0.325 e. The van der Waals surface area contributed by atoms with E-state index in [2.05, 4.69) is 25.8 Å². The molecule has 0 bridgehead atoms. The lowest BCUT2D eigenvalue weighted by molar-refractivity contribution is -0.116. The minimum atomic E-state index is -0.397. The number of aryl methyl sites for hydroxylation is 4. The molecule has 3 rings (SSSR count). The van der Waals surface area contributed by atoms with Gasteiger partial charge in [0.25, 0.3) is 0 Å². The average molecular weight is 473 g/mol. The maximum Gasteiger partial charge on any atom is 0.239 e. The smallest absolute Gasteiger partial charge is 0.239 e. The van der Waals surface area contributed by atoms with Crippen LogP contribution in [0.2, 0.25) is 0 Å². The summed E-state index contributed by atoms with van der Waals surface area (Å²) in [5.74, 6) is 0.260. The lowest BCUT2D eigenvalue weighted by Crippen LogP contribution is -2.23. The van der Waals surface area contributed by atoms with Crippen molar-refractivity contribution in [2.45, 2.75) is 64.9 Å². The van der Waals surface area contributed by atoms with Crippen LogP contribution in [0.25, 0.3) is 0 Å². The second-order valence-corrected chi connectivity index (χ2v) is 10.1. The molecule has 0 aliphatic rings. The minimum Gasteiger partial charge on any atom is -0.325 e. The van der Waals surface area contributed by atoms with E-state index >= 15 is 0 Å². The zero-order valence-electron chi connectivity index (χ0n) is 19.1. The number of carbonyl (C=O) groups excluding carboxylic acids is 2. The summed E-state index contributed by atoms with van der Waals surface area (Å²) in [6, 6.07) is 5.90. The molecule has 0 aliphatic carbocycles. The Labute approximate surface area is 196 Å². The van der Waals surface area contributed by atoms with Gasteiger partial charge in [0.1, 0.15) is 5.82 Å². The van der Waals surface area contributed by atoms with Gasteiger partial charge in [-0.2, -0.15) is 0 Å². The molecule has 170 valence electrons. The highest BCUT2D eigenvalue weighted by molar-refractivity contribution is 8.00. The first-order chi connectivity index (χ1) is 15.2. The van der Waals surface area contributed by atoms with E-state index < -0.39 is 5.25 Å². The van der Waals surface area contributed by atoms with Crippen molar-refractivity contribution in [2.75, 3.05) is 10.6 Å². The van der Waals surface area contributed by atoms with Gasteiger partial charge < -0.3 is 15.2 Å². The van der Waals surface area contributed by atoms with Crippen molar-refractivity contribution in [3.8, 4) is 0 Å². The van der Waals surface area contributed by atoms with E-state index in [-0.39, 0.29) is 18.2 Å². The molecule has 2 N–H and O–H groups in total. The molecule has 3 aromatic rings. The Hall–Kier alpha value is -2.72. The highest BCUT2D eigenvalue weighted by Crippen LogP contribution is 2.26. The van der Waals surface area contributed by atoms with E-state index in [1.165, 1.54) is 23.1 Å². The Morgan fingerprint density at radius 1 is 1.16 bits per heavy atom. The second kappa shape index (κ2) is 10.3. The molecule has 0 aliphatic heterocycles. The van der Waals surface area contributed by atoms with Gasteiger partial charge in [0.2, 0.25) is 11.8 Å². The van der Waals surface area contributed by atoms with Crippen LogP contribution in [-0.2, 0) is 22.6 Å². The van der Waals surface area contributed by atoms with Crippen molar-refractivity contribution >= 4 is 45.7 Å². The molecule has 32 heavy (non-hydrogen) atoms. The highest BCUT2D eigenvalue weighted by atomic mass is 32.2. The fourth-order valence-corrected chi connectivity index (χ4v) is 4.84. The van der Waals surface area contributed by atoms with E-state index in [0.29, 0.717) is 22.7 Å². The zero-order valence-corrected chi connectivity index (χ0v) is 20.8. The van der Waals surface area contributed by atoms with Gasteiger partial charge in [-0.15, -0.1) is 21.5 Å². The molecule has 0 saturated carbocycles. The number of amides is 2. The van der Waals surface area contributed by atoms with E-state index in [4.69, 9.17) is 0 Å². The number of hydrogen-bond acceptors (Lipinski definition) is 7. The van der Waals surface area contributed by atoms with Gasteiger partial charge in [-0.3, -0.25) is 9.59 Å². The monoisotopic (exact) mass is 472 g/mol. The number of nitrogens with one attached hydrogen (secondary N) is 2. The molecular formula is C22H28N6O2S2. The topological polar surface area (TPSA) is 102 Å².